The fourth-order valence-corrected chi connectivity index (χ4v) is 1.84. The first-order valence-electron chi connectivity index (χ1n) is 5.79. The Morgan fingerprint density at radius 3 is 2.69 bits per heavy atom. The summed E-state index contributed by atoms with van der Waals surface area (Å²) in [5, 5.41) is 8.97. The number of benzene rings is 1. The van der Waals surface area contributed by atoms with Crippen molar-refractivity contribution in [1.82, 2.24) is 0 Å². The molecule has 1 aromatic carbocycles. The van der Waals surface area contributed by atoms with Crippen LogP contribution in [0.2, 0.25) is 0 Å². The largest absolute Gasteiger partial charge is 0.491 e. The first-order valence-corrected chi connectivity index (χ1v) is 5.79. The highest BCUT2D eigenvalue weighted by atomic mass is 16.5. The summed E-state index contributed by atoms with van der Waals surface area (Å²) in [6, 6.07) is 9.77. The molecule has 2 rings (SSSR count). The number of hydrogen-bond acceptors (Lipinski definition) is 3. The van der Waals surface area contributed by atoms with Gasteiger partial charge in [-0.2, -0.15) is 0 Å². The van der Waals surface area contributed by atoms with Crippen molar-refractivity contribution in [2.45, 2.75) is 18.9 Å². The number of rotatable bonds is 4. The van der Waals surface area contributed by atoms with Crippen molar-refractivity contribution in [2.75, 3.05) is 19.8 Å². The minimum absolute atomic E-state index is 0.169. The normalized spacial score (nSPS) is 25.3. The van der Waals surface area contributed by atoms with Crippen molar-refractivity contribution in [1.29, 1.82) is 0 Å². The number of ether oxygens (including phenoxy) is 2. The van der Waals surface area contributed by atoms with Crippen molar-refractivity contribution < 1.29 is 14.6 Å². The van der Waals surface area contributed by atoms with Crippen molar-refractivity contribution in [3.8, 4) is 5.75 Å². The van der Waals surface area contributed by atoms with E-state index in [1.165, 1.54) is 0 Å². The van der Waals surface area contributed by atoms with Crippen LogP contribution in [0.3, 0.4) is 0 Å². The van der Waals surface area contributed by atoms with Crippen LogP contribution in [0.1, 0.15) is 12.8 Å². The highest BCUT2D eigenvalue weighted by molar-refractivity contribution is 5.20. The van der Waals surface area contributed by atoms with E-state index >= 15 is 0 Å². The van der Waals surface area contributed by atoms with E-state index in [4.69, 9.17) is 14.6 Å². The van der Waals surface area contributed by atoms with Gasteiger partial charge in [-0.25, -0.2) is 0 Å². The first kappa shape index (κ1) is 11.4. The zero-order chi connectivity index (χ0) is 11.2. The topological polar surface area (TPSA) is 38.7 Å². The standard InChI is InChI=1S/C13H18O3/c14-8-11-6-7-13(15-9-11)10-16-12-4-2-1-3-5-12/h1-5,11,13-14H,6-10H2/t11-,13-/m1/s1. The summed E-state index contributed by atoms with van der Waals surface area (Å²) in [4.78, 5) is 0. The maximum atomic E-state index is 8.97. The molecule has 3 heteroatoms. The summed E-state index contributed by atoms with van der Waals surface area (Å²) in [6.45, 7) is 1.48. The highest BCUT2D eigenvalue weighted by Crippen LogP contribution is 2.19. The third-order valence-corrected chi connectivity index (χ3v) is 2.90. The van der Waals surface area contributed by atoms with Gasteiger partial charge in [-0.05, 0) is 25.0 Å². The maximum absolute atomic E-state index is 8.97. The van der Waals surface area contributed by atoms with E-state index in [0.717, 1.165) is 18.6 Å². The van der Waals surface area contributed by atoms with E-state index in [9.17, 15) is 0 Å². The maximum Gasteiger partial charge on any atom is 0.119 e. The molecule has 0 aromatic heterocycles. The monoisotopic (exact) mass is 222 g/mol. The third kappa shape index (κ3) is 3.22. The van der Waals surface area contributed by atoms with Crippen LogP contribution in [-0.2, 0) is 4.74 Å². The predicted molar refractivity (Wildman–Crippen MR) is 61.5 cm³/mol. The Bertz CT molecular complexity index is 291. The second-order valence-electron chi connectivity index (χ2n) is 4.21. The van der Waals surface area contributed by atoms with Gasteiger partial charge in [0.1, 0.15) is 12.4 Å². The van der Waals surface area contributed by atoms with E-state index in [-0.39, 0.29) is 12.7 Å². The molecule has 88 valence electrons. The molecule has 0 bridgehead atoms. The lowest BCUT2D eigenvalue weighted by Crippen LogP contribution is -2.31. The number of aliphatic hydroxyl groups is 1. The number of para-hydroxylation sites is 1. The molecule has 0 radical (unpaired) electrons. The van der Waals surface area contributed by atoms with Gasteiger partial charge in [0.2, 0.25) is 0 Å². The molecule has 2 atom stereocenters. The zero-order valence-corrected chi connectivity index (χ0v) is 9.34. The fraction of sp³-hybridized carbons (Fsp3) is 0.538. The van der Waals surface area contributed by atoms with Gasteiger partial charge in [-0.1, -0.05) is 18.2 Å². The van der Waals surface area contributed by atoms with Crippen molar-refractivity contribution >= 4 is 0 Å². The van der Waals surface area contributed by atoms with E-state index in [1.807, 2.05) is 30.3 Å². The molecule has 1 aliphatic heterocycles. The summed E-state index contributed by atoms with van der Waals surface area (Å²) in [5.74, 6) is 1.20. The quantitative estimate of drug-likeness (QED) is 0.845. The Labute approximate surface area is 96.0 Å². The molecule has 16 heavy (non-hydrogen) atoms. The molecule has 1 N–H and O–H groups in total. The van der Waals surface area contributed by atoms with Crippen LogP contribution in [-0.4, -0.2) is 31.0 Å². The lowest BCUT2D eigenvalue weighted by atomic mass is 10.00. The molecular weight excluding hydrogens is 204 g/mol. The van der Waals surface area contributed by atoms with Gasteiger partial charge in [0, 0.05) is 12.5 Å². The first-order chi connectivity index (χ1) is 7.88. The fourth-order valence-electron chi connectivity index (χ4n) is 1.84. The number of hydrogen-bond donors (Lipinski definition) is 1. The van der Waals surface area contributed by atoms with Gasteiger partial charge in [0.05, 0.1) is 12.7 Å². The molecule has 1 aliphatic rings. The summed E-state index contributed by atoms with van der Waals surface area (Å²) in [6.07, 6.45) is 2.17. The molecule has 1 aromatic rings. The molecule has 0 aliphatic carbocycles. The summed E-state index contributed by atoms with van der Waals surface area (Å²) in [5.41, 5.74) is 0. The summed E-state index contributed by atoms with van der Waals surface area (Å²) < 4.78 is 11.2. The molecule has 3 nitrogen and oxygen atoms in total. The Morgan fingerprint density at radius 2 is 2.06 bits per heavy atom. The average molecular weight is 222 g/mol. The zero-order valence-electron chi connectivity index (χ0n) is 9.34. The Balaban J connectivity index is 1.72. The predicted octanol–water partition coefficient (Wildman–Crippen LogP) is 1.85. The van der Waals surface area contributed by atoms with Crippen LogP contribution in [0.25, 0.3) is 0 Å². The Hall–Kier alpha value is -1.06. The average Bonchev–Trinajstić information content (AvgIpc) is 2.38. The van der Waals surface area contributed by atoms with Crippen molar-refractivity contribution in [2.24, 2.45) is 5.92 Å². The minimum Gasteiger partial charge on any atom is -0.491 e. The third-order valence-electron chi connectivity index (χ3n) is 2.90. The summed E-state index contributed by atoms with van der Waals surface area (Å²) >= 11 is 0. The molecule has 1 heterocycles. The van der Waals surface area contributed by atoms with Gasteiger partial charge in [0.25, 0.3) is 0 Å². The van der Waals surface area contributed by atoms with E-state index < -0.39 is 0 Å². The minimum atomic E-state index is 0.169. The highest BCUT2D eigenvalue weighted by Gasteiger charge is 2.21. The van der Waals surface area contributed by atoms with Crippen molar-refractivity contribution in [3.63, 3.8) is 0 Å². The second kappa shape index (κ2) is 5.87. The lowest BCUT2D eigenvalue weighted by Gasteiger charge is -2.27. The SMILES string of the molecule is OC[C@H]1CC[C@H](COc2ccccc2)OC1. The van der Waals surface area contributed by atoms with Crippen LogP contribution in [0.5, 0.6) is 5.75 Å². The second-order valence-corrected chi connectivity index (χ2v) is 4.21. The van der Waals surface area contributed by atoms with Crippen LogP contribution < -0.4 is 4.74 Å². The van der Waals surface area contributed by atoms with Gasteiger partial charge in [-0.15, -0.1) is 0 Å². The lowest BCUT2D eigenvalue weighted by molar-refractivity contribution is -0.0484. The molecule has 0 spiro atoms. The van der Waals surface area contributed by atoms with E-state index in [0.29, 0.717) is 19.1 Å². The van der Waals surface area contributed by atoms with Gasteiger partial charge < -0.3 is 14.6 Å². The van der Waals surface area contributed by atoms with Crippen LogP contribution in [0.4, 0.5) is 0 Å². The van der Waals surface area contributed by atoms with Crippen LogP contribution >= 0.6 is 0 Å². The smallest absolute Gasteiger partial charge is 0.119 e. The van der Waals surface area contributed by atoms with E-state index in [1.54, 1.807) is 0 Å². The van der Waals surface area contributed by atoms with Gasteiger partial charge >= 0.3 is 0 Å². The van der Waals surface area contributed by atoms with Crippen LogP contribution in [0.15, 0.2) is 30.3 Å². The molecule has 0 unspecified atom stereocenters. The molecule has 1 fully saturated rings. The Morgan fingerprint density at radius 1 is 1.25 bits per heavy atom. The molecule has 0 amide bonds. The van der Waals surface area contributed by atoms with Gasteiger partial charge in [-0.3, -0.25) is 0 Å². The van der Waals surface area contributed by atoms with Gasteiger partial charge in [0.15, 0.2) is 0 Å². The van der Waals surface area contributed by atoms with E-state index in [2.05, 4.69) is 0 Å². The summed E-state index contributed by atoms with van der Waals surface area (Å²) in [7, 11) is 0. The van der Waals surface area contributed by atoms with Crippen LogP contribution in [0, 0.1) is 5.92 Å². The molecule has 1 saturated heterocycles. The molecule has 0 saturated carbocycles. The number of aliphatic hydroxyl groups excluding tert-OH is 1. The molecular formula is C13H18O3. The van der Waals surface area contributed by atoms with Crippen molar-refractivity contribution in [3.05, 3.63) is 30.3 Å². The Kier molecular flexibility index (Phi) is 4.19.